The average Bonchev–Trinajstić information content (AvgIpc) is 2.95. The summed E-state index contributed by atoms with van der Waals surface area (Å²) >= 11 is 1.47. The van der Waals surface area contributed by atoms with Gasteiger partial charge >= 0.3 is 0 Å². The molecule has 0 amide bonds. The normalized spacial score (nSPS) is 14.3. The van der Waals surface area contributed by atoms with E-state index >= 15 is 0 Å². The SMILES string of the molecule is CC(NS(=O)(=O)c1cnn(C)c1)c1nc(C(C)(C)C)cs1. The van der Waals surface area contributed by atoms with Gasteiger partial charge in [-0.15, -0.1) is 11.3 Å². The molecule has 0 saturated carbocycles. The topological polar surface area (TPSA) is 76.9 Å². The molecule has 21 heavy (non-hydrogen) atoms. The van der Waals surface area contributed by atoms with Crippen molar-refractivity contribution in [3.05, 3.63) is 28.5 Å². The fourth-order valence-electron chi connectivity index (χ4n) is 1.72. The monoisotopic (exact) mass is 328 g/mol. The minimum Gasteiger partial charge on any atom is -0.274 e. The fourth-order valence-corrected chi connectivity index (χ4v) is 4.04. The fraction of sp³-hybridized carbons (Fsp3) is 0.538. The Bertz CT molecular complexity index is 725. The summed E-state index contributed by atoms with van der Waals surface area (Å²) < 4.78 is 28.6. The van der Waals surface area contributed by atoms with Gasteiger partial charge in [-0.25, -0.2) is 18.1 Å². The molecule has 0 bridgehead atoms. The van der Waals surface area contributed by atoms with Crippen LogP contribution in [0.15, 0.2) is 22.7 Å². The van der Waals surface area contributed by atoms with Crippen molar-refractivity contribution in [3.8, 4) is 0 Å². The van der Waals surface area contributed by atoms with Gasteiger partial charge in [-0.3, -0.25) is 4.68 Å². The third kappa shape index (κ3) is 3.69. The van der Waals surface area contributed by atoms with E-state index in [-0.39, 0.29) is 16.4 Å². The lowest BCUT2D eigenvalue weighted by atomic mass is 9.93. The van der Waals surface area contributed by atoms with Crippen LogP contribution in [0.25, 0.3) is 0 Å². The van der Waals surface area contributed by atoms with E-state index in [1.54, 1.807) is 14.0 Å². The Labute approximate surface area is 129 Å². The second kappa shape index (κ2) is 5.51. The van der Waals surface area contributed by atoms with Crippen LogP contribution >= 0.6 is 11.3 Å². The van der Waals surface area contributed by atoms with Gasteiger partial charge in [0.15, 0.2) is 0 Å². The lowest BCUT2D eigenvalue weighted by Crippen LogP contribution is -2.26. The Morgan fingerprint density at radius 1 is 1.38 bits per heavy atom. The molecule has 2 aromatic heterocycles. The Hall–Kier alpha value is -1.25. The van der Waals surface area contributed by atoms with E-state index in [0.29, 0.717) is 0 Å². The van der Waals surface area contributed by atoms with Crippen LogP contribution in [0.5, 0.6) is 0 Å². The zero-order valence-corrected chi connectivity index (χ0v) is 14.4. The molecule has 0 aliphatic heterocycles. The number of rotatable bonds is 4. The highest BCUT2D eigenvalue weighted by atomic mass is 32.2. The minimum atomic E-state index is -3.58. The third-order valence-corrected chi connectivity index (χ3v) is 5.51. The zero-order chi connectivity index (χ0) is 15.8. The molecule has 8 heteroatoms. The Kier molecular flexibility index (Phi) is 4.23. The second-order valence-electron chi connectivity index (χ2n) is 6.01. The summed E-state index contributed by atoms with van der Waals surface area (Å²) in [6.45, 7) is 8.03. The van der Waals surface area contributed by atoms with Gasteiger partial charge in [0.1, 0.15) is 9.90 Å². The molecule has 6 nitrogen and oxygen atoms in total. The highest BCUT2D eigenvalue weighted by Crippen LogP contribution is 2.27. The van der Waals surface area contributed by atoms with E-state index in [9.17, 15) is 8.42 Å². The lowest BCUT2D eigenvalue weighted by molar-refractivity contribution is 0.556. The van der Waals surface area contributed by atoms with Gasteiger partial charge in [0.2, 0.25) is 10.0 Å². The molecule has 2 rings (SSSR count). The van der Waals surface area contributed by atoms with Crippen molar-refractivity contribution in [1.82, 2.24) is 19.5 Å². The molecule has 1 N–H and O–H groups in total. The molecule has 1 atom stereocenters. The number of nitrogens with zero attached hydrogens (tertiary/aromatic N) is 3. The van der Waals surface area contributed by atoms with Crippen LogP contribution in [0.3, 0.4) is 0 Å². The number of sulfonamides is 1. The van der Waals surface area contributed by atoms with Crippen molar-refractivity contribution in [2.75, 3.05) is 0 Å². The van der Waals surface area contributed by atoms with Crippen LogP contribution in [0, 0.1) is 0 Å². The van der Waals surface area contributed by atoms with Crippen LogP contribution in [-0.4, -0.2) is 23.2 Å². The van der Waals surface area contributed by atoms with Crippen molar-refractivity contribution >= 4 is 21.4 Å². The van der Waals surface area contributed by atoms with Crippen LogP contribution in [0.4, 0.5) is 0 Å². The maximum Gasteiger partial charge on any atom is 0.244 e. The molecule has 116 valence electrons. The third-order valence-electron chi connectivity index (χ3n) is 2.98. The predicted molar refractivity (Wildman–Crippen MR) is 82.8 cm³/mol. The summed E-state index contributed by atoms with van der Waals surface area (Å²) in [7, 11) is -1.90. The van der Waals surface area contributed by atoms with Gasteiger partial charge in [0, 0.05) is 24.0 Å². The first kappa shape index (κ1) is 16.1. The maximum absolute atomic E-state index is 12.2. The first-order valence-corrected chi connectivity index (χ1v) is 8.93. The molecule has 0 aromatic carbocycles. The zero-order valence-electron chi connectivity index (χ0n) is 12.8. The molecule has 0 aliphatic rings. The standard InChI is InChI=1S/C13H20N4O2S2/c1-9(12-15-11(8-20-12)13(2,3)4)16-21(18,19)10-6-14-17(5)7-10/h6-9,16H,1-5H3. The van der Waals surface area contributed by atoms with Gasteiger partial charge < -0.3 is 0 Å². The smallest absolute Gasteiger partial charge is 0.244 e. The minimum absolute atomic E-state index is 0.0449. The van der Waals surface area contributed by atoms with Gasteiger partial charge in [-0.2, -0.15) is 5.10 Å². The van der Waals surface area contributed by atoms with E-state index in [1.165, 1.54) is 28.4 Å². The number of thiazole rings is 1. The Morgan fingerprint density at radius 2 is 2.05 bits per heavy atom. The van der Waals surface area contributed by atoms with Crippen LogP contribution in [0.2, 0.25) is 0 Å². The van der Waals surface area contributed by atoms with Crippen molar-refractivity contribution in [1.29, 1.82) is 0 Å². The molecule has 0 saturated heterocycles. The number of nitrogens with one attached hydrogen (secondary N) is 1. The highest BCUT2D eigenvalue weighted by molar-refractivity contribution is 7.89. The lowest BCUT2D eigenvalue weighted by Gasteiger charge is -2.15. The molecule has 0 aliphatic carbocycles. The van der Waals surface area contributed by atoms with E-state index in [4.69, 9.17) is 0 Å². The first-order valence-electron chi connectivity index (χ1n) is 6.56. The summed E-state index contributed by atoms with van der Waals surface area (Å²) in [4.78, 5) is 4.69. The summed E-state index contributed by atoms with van der Waals surface area (Å²) in [6.07, 6.45) is 2.80. The number of hydrogen-bond donors (Lipinski definition) is 1. The van der Waals surface area contributed by atoms with E-state index < -0.39 is 10.0 Å². The summed E-state index contributed by atoms with van der Waals surface area (Å²) in [5.74, 6) is 0. The predicted octanol–water partition coefficient (Wildman–Crippen LogP) is 2.21. The molecule has 2 aromatic rings. The summed E-state index contributed by atoms with van der Waals surface area (Å²) in [5, 5.41) is 6.62. The largest absolute Gasteiger partial charge is 0.274 e. The Morgan fingerprint density at radius 3 is 2.52 bits per heavy atom. The van der Waals surface area contributed by atoms with Crippen LogP contribution in [-0.2, 0) is 22.5 Å². The van der Waals surface area contributed by atoms with Gasteiger partial charge in [0.05, 0.1) is 17.9 Å². The Balaban J connectivity index is 2.18. The molecular weight excluding hydrogens is 308 g/mol. The molecule has 0 spiro atoms. The maximum atomic E-state index is 12.2. The molecule has 2 heterocycles. The number of aromatic nitrogens is 3. The molecular formula is C13H20N4O2S2. The van der Waals surface area contributed by atoms with E-state index in [1.807, 2.05) is 5.38 Å². The van der Waals surface area contributed by atoms with Crippen molar-refractivity contribution in [2.45, 2.75) is 44.0 Å². The van der Waals surface area contributed by atoms with Crippen molar-refractivity contribution < 1.29 is 8.42 Å². The second-order valence-corrected chi connectivity index (χ2v) is 8.62. The number of hydrogen-bond acceptors (Lipinski definition) is 5. The van der Waals surface area contributed by atoms with Crippen molar-refractivity contribution in [3.63, 3.8) is 0 Å². The molecule has 0 fully saturated rings. The average molecular weight is 328 g/mol. The molecule has 0 radical (unpaired) electrons. The molecule has 1 unspecified atom stereocenters. The van der Waals surface area contributed by atoms with E-state index in [2.05, 4.69) is 35.6 Å². The first-order chi connectivity index (χ1) is 9.59. The van der Waals surface area contributed by atoms with Crippen LogP contribution in [0.1, 0.15) is 44.4 Å². The summed E-state index contributed by atoms with van der Waals surface area (Å²) in [6, 6.07) is -0.378. The van der Waals surface area contributed by atoms with Gasteiger partial charge in [-0.05, 0) is 6.92 Å². The van der Waals surface area contributed by atoms with E-state index in [0.717, 1.165) is 10.7 Å². The van der Waals surface area contributed by atoms with Gasteiger partial charge in [-0.1, -0.05) is 20.8 Å². The number of aryl methyl sites for hydroxylation is 1. The van der Waals surface area contributed by atoms with Crippen molar-refractivity contribution in [2.24, 2.45) is 7.05 Å². The highest BCUT2D eigenvalue weighted by Gasteiger charge is 2.23. The summed E-state index contributed by atoms with van der Waals surface area (Å²) in [5.41, 5.74) is 0.923. The van der Waals surface area contributed by atoms with Crippen LogP contribution < -0.4 is 4.72 Å². The quantitative estimate of drug-likeness (QED) is 0.933. The van der Waals surface area contributed by atoms with Gasteiger partial charge in [0.25, 0.3) is 0 Å².